The summed E-state index contributed by atoms with van der Waals surface area (Å²) in [6.45, 7) is 2.28. The topological polar surface area (TPSA) is 90.5 Å². The van der Waals surface area contributed by atoms with Gasteiger partial charge in [-0.15, -0.1) is 0 Å². The Hall–Kier alpha value is -2.62. The summed E-state index contributed by atoms with van der Waals surface area (Å²) in [7, 11) is 0. The first-order valence-corrected chi connectivity index (χ1v) is 10.2. The highest BCUT2D eigenvalue weighted by Crippen LogP contribution is 2.43. The fraction of sp³-hybridized carbons (Fsp3) is 0.400. The maximum Gasteiger partial charge on any atom is 0.234 e. The van der Waals surface area contributed by atoms with E-state index in [0.29, 0.717) is 12.0 Å². The molecule has 1 aromatic heterocycles. The predicted molar refractivity (Wildman–Crippen MR) is 109 cm³/mol. The van der Waals surface area contributed by atoms with Crippen LogP contribution in [-0.4, -0.2) is 39.2 Å². The number of alkyl halides is 2. The van der Waals surface area contributed by atoms with E-state index >= 15 is 4.39 Å². The summed E-state index contributed by atoms with van der Waals surface area (Å²) >= 11 is 1.14. The summed E-state index contributed by atoms with van der Waals surface area (Å²) in [6.07, 6.45) is 1.27. The van der Waals surface area contributed by atoms with Crippen LogP contribution in [0.25, 0.3) is 0 Å². The molecule has 1 aromatic carbocycles. The van der Waals surface area contributed by atoms with Crippen molar-refractivity contribution in [3.05, 3.63) is 53.2 Å². The van der Waals surface area contributed by atoms with Crippen LogP contribution >= 0.6 is 11.8 Å². The first-order chi connectivity index (χ1) is 14.3. The fourth-order valence-corrected chi connectivity index (χ4v) is 4.43. The summed E-state index contributed by atoms with van der Waals surface area (Å²) in [5, 5.41) is -0.248. The molecule has 0 saturated heterocycles. The molecule has 0 saturated carbocycles. The molecule has 0 fully saturated rings. The second-order valence-electron chi connectivity index (χ2n) is 6.97. The van der Waals surface area contributed by atoms with E-state index < -0.39 is 29.6 Å². The molecule has 1 aliphatic heterocycles. The van der Waals surface area contributed by atoms with E-state index in [1.165, 1.54) is 31.3 Å². The van der Waals surface area contributed by atoms with Gasteiger partial charge in [0.1, 0.15) is 23.2 Å². The molecule has 10 heteroatoms. The van der Waals surface area contributed by atoms with Crippen LogP contribution < -0.4 is 10.5 Å². The first kappa shape index (κ1) is 22.1. The van der Waals surface area contributed by atoms with Crippen molar-refractivity contribution in [1.82, 2.24) is 9.97 Å². The molecule has 0 amide bonds. The van der Waals surface area contributed by atoms with Crippen LogP contribution in [0.5, 0.6) is 5.88 Å². The molecule has 30 heavy (non-hydrogen) atoms. The molecule has 0 radical (unpaired) electrons. The number of ether oxygens (including phenoxy) is 1. The first-order valence-electron chi connectivity index (χ1n) is 9.27. The largest absolute Gasteiger partial charge is 0.445 e. The number of amidine groups is 1. The lowest BCUT2D eigenvalue weighted by Gasteiger charge is -2.38. The Morgan fingerprint density at radius 2 is 2.10 bits per heavy atom. The van der Waals surface area contributed by atoms with Gasteiger partial charge in [0.15, 0.2) is 11.0 Å². The third kappa shape index (κ3) is 4.43. The van der Waals surface area contributed by atoms with Gasteiger partial charge in [0.05, 0.1) is 12.4 Å². The Balaban J connectivity index is 1.88. The smallest absolute Gasteiger partial charge is 0.234 e. The zero-order chi connectivity index (χ0) is 21.9. The van der Waals surface area contributed by atoms with Crippen molar-refractivity contribution in [2.24, 2.45) is 10.7 Å². The lowest BCUT2D eigenvalue weighted by molar-refractivity contribution is 0.0987. The van der Waals surface area contributed by atoms with Crippen LogP contribution in [0.4, 0.5) is 13.2 Å². The number of ketones is 1. The van der Waals surface area contributed by atoms with E-state index in [2.05, 4.69) is 19.7 Å². The summed E-state index contributed by atoms with van der Waals surface area (Å²) in [4.78, 5) is 24.4. The van der Waals surface area contributed by atoms with Crippen molar-refractivity contribution in [2.45, 2.75) is 43.6 Å². The number of nitrogens with zero attached hydrogens (tertiary/aromatic N) is 3. The van der Waals surface area contributed by atoms with Gasteiger partial charge in [0.25, 0.3) is 0 Å². The van der Waals surface area contributed by atoms with Crippen molar-refractivity contribution in [3.63, 3.8) is 0 Å². The Bertz CT molecular complexity index is 958. The number of benzene rings is 1. The van der Waals surface area contributed by atoms with Crippen molar-refractivity contribution >= 4 is 22.7 Å². The van der Waals surface area contributed by atoms with Crippen LogP contribution in [0.3, 0.4) is 0 Å². The van der Waals surface area contributed by atoms with Crippen LogP contribution in [-0.2, 0) is 12.0 Å². The average Bonchev–Trinajstić information content (AvgIpc) is 2.72. The van der Waals surface area contributed by atoms with Gasteiger partial charge in [-0.05, 0) is 31.0 Å². The van der Waals surface area contributed by atoms with E-state index in [1.807, 2.05) is 6.92 Å². The Kier molecular flexibility index (Phi) is 6.64. The molecule has 2 aromatic rings. The van der Waals surface area contributed by atoms with Crippen LogP contribution in [0.2, 0.25) is 0 Å². The number of nitrogens with two attached hydrogens (primary N) is 1. The second kappa shape index (κ2) is 9.03. The molecule has 0 unspecified atom stereocenters. The minimum atomic E-state index is -1.50. The predicted octanol–water partition coefficient (Wildman–Crippen LogP) is 3.74. The van der Waals surface area contributed by atoms with E-state index in [4.69, 9.17) is 5.73 Å². The molecule has 3 atom stereocenters. The van der Waals surface area contributed by atoms with Crippen molar-refractivity contribution in [2.75, 3.05) is 6.86 Å². The number of thioether (sulfide) groups is 1. The highest BCUT2D eigenvalue weighted by molar-refractivity contribution is 8.14. The molecule has 2 heterocycles. The van der Waals surface area contributed by atoms with Gasteiger partial charge in [0.2, 0.25) is 12.7 Å². The monoisotopic (exact) mass is 438 g/mol. The summed E-state index contributed by atoms with van der Waals surface area (Å²) in [5.74, 6) is -1.05. The van der Waals surface area contributed by atoms with Crippen LogP contribution in [0.1, 0.15) is 41.9 Å². The van der Waals surface area contributed by atoms with Crippen LogP contribution in [0.15, 0.2) is 35.6 Å². The number of halogens is 3. The lowest BCUT2D eigenvalue weighted by Crippen LogP contribution is -2.45. The normalized spacial score (nSPS) is 23.7. The Morgan fingerprint density at radius 1 is 1.33 bits per heavy atom. The minimum Gasteiger partial charge on any atom is -0.445 e. The Labute approximate surface area is 176 Å². The van der Waals surface area contributed by atoms with Gasteiger partial charge < -0.3 is 10.5 Å². The SMILES string of the molecule is CC[C@H]1SC(N)=N[C@](C)(c2cc(CC(=O)c3cnc(OCF)cn3)ccc2F)[C@H]1F. The molecule has 0 bridgehead atoms. The van der Waals surface area contributed by atoms with E-state index in [0.717, 1.165) is 18.0 Å². The minimum absolute atomic E-state index is 0.0415. The molecule has 3 rings (SSSR count). The number of carbonyl (C=O) groups is 1. The van der Waals surface area contributed by atoms with E-state index in [-0.39, 0.29) is 34.5 Å². The van der Waals surface area contributed by atoms with E-state index in [1.54, 1.807) is 0 Å². The summed E-state index contributed by atoms with van der Waals surface area (Å²) < 4.78 is 46.6. The summed E-state index contributed by atoms with van der Waals surface area (Å²) in [6, 6.07) is 4.07. The molecule has 0 spiro atoms. The number of carbonyl (C=O) groups excluding carboxylic acids is 1. The molecular weight excluding hydrogens is 417 g/mol. The average molecular weight is 438 g/mol. The number of hydrogen-bond donors (Lipinski definition) is 1. The number of aliphatic imine (C=N–C) groups is 1. The molecule has 160 valence electrons. The maximum absolute atomic E-state index is 15.2. The van der Waals surface area contributed by atoms with Gasteiger partial charge in [-0.3, -0.25) is 4.79 Å². The number of rotatable bonds is 7. The third-order valence-electron chi connectivity index (χ3n) is 4.94. The third-order valence-corrected chi connectivity index (χ3v) is 6.15. The second-order valence-corrected chi connectivity index (χ2v) is 8.23. The zero-order valence-corrected chi connectivity index (χ0v) is 17.3. The molecule has 2 N–H and O–H groups in total. The quantitative estimate of drug-likeness (QED) is 0.663. The number of aromatic nitrogens is 2. The summed E-state index contributed by atoms with van der Waals surface area (Å²) in [5.41, 5.74) is 4.93. The zero-order valence-electron chi connectivity index (χ0n) is 16.4. The lowest BCUT2D eigenvalue weighted by atomic mass is 9.83. The van der Waals surface area contributed by atoms with Gasteiger partial charge in [-0.1, -0.05) is 24.8 Å². The molecule has 1 aliphatic rings. The highest BCUT2D eigenvalue weighted by Gasteiger charge is 2.46. The van der Waals surface area contributed by atoms with Crippen LogP contribution in [0, 0.1) is 5.82 Å². The van der Waals surface area contributed by atoms with Gasteiger partial charge in [-0.2, -0.15) is 0 Å². The molecule has 0 aliphatic carbocycles. The van der Waals surface area contributed by atoms with Crippen molar-refractivity contribution in [1.29, 1.82) is 0 Å². The Morgan fingerprint density at radius 3 is 2.73 bits per heavy atom. The van der Waals surface area contributed by atoms with Gasteiger partial charge >= 0.3 is 0 Å². The molecule has 6 nitrogen and oxygen atoms in total. The number of hydrogen-bond acceptors (Lipinski definition) is 7. The number of Topliss-reactive ketones (excluding diaryl/α,β-unsaturated/α-hetero) is 1. The fourth-order valence-electron chi connectivity index (χ4n) is 3.33. The van der Waals surface area contributed by atoms with Gasteiger partial charge in [-0.25, -0.2) is 28.1 Å². The highest BCUT2D eigenvalue weighted by atomic mass is 32.2. The molecular formula is C20H21F3N4O2S. The van der Waals surface area contributed by atoms with Crippen molar-refractivity contribution < 1.29 is 22.7 Å². The van der Waals surface area contributed by atoms with E-state index in [9.17, 15) is 13.6 Å². The van der Waals surface area contributed by atoms with Crippen molar-refractivity contribution in [3.8, 4) is 5.88 Å². The maximum atomic E-state index is 15.2. The van der Waals surface area contributed by atoms with Gasteiger partial charge in [0, 0.05) is 17.2 Å². The standard InChI is InChI=1S/C20H21F3N4O2S/c1-3-16-18(23)20(2,27-19(24)30-16)12-6-11(4-5-13(12)22)7-15(28)14-8-26-17(9-25-14)29-10-21/h4-6,8-9,16,18H,3,7,10H2,1-2H3,(H2,24,27)/t16-,18+,20-/m1/s1.